The number of rotatable bonds is 4. The van der Waals surface area contributed by atoms with Crippen LogP contribution in [0.25, 0.3) is 0 Å². The molecule has 0 radical (unpaired) electrons. The Morgan fingerprint density at radius 2 is 2.00 bits per heavy atom. The first-order valence-electron chi connectivity index (χ1n) is 7.12. The van der Waals surface area contributed by atoms with Crippen LogP contribution in [0.3, 0.4) is 0 Å². The largest absolute Gasteiger partial charge is 0.378 e. The third-order valence-corrected chi connectivity index (χ3v) is 4.26. The van der Waals surface area contributed by atoms with Gasteiger partial charge in [-0.15, -0.1) is 11.3 Å². The average Bonchev–Trinajstić information content (AvgIpc) is 3.11. The lowest BCUT2D eigenvalue weighted by Gasteiger charge is -2.28. The molecule has 0 bridgehead atoms. The molecule has 1 aromatic heterocycles. The quantitative estimate of drug-likeness (QED) is 0.696. The van der Waals surface area contributed by atoms with Crippen LogP contribution in [0.2, 0.25) is 0 Å². The van der Waals surface area contributed by atoms with Gasteiger partial charge in [0.2, 0.25) is 0 Å². The second-order valence-corrected chi connectivity index (χ2v) is 5.82. The first-order chi connectivity index (χ1) is 10.8. The van der Waals surface area contributed by atoms with Crippen molar-refractivity contribution in [3.63, 3.8) is 0 Å². The zero-order valence-electron chi connectivity index (χ0n) is 12.1. The van der Waals surface area contributed by atoms with E-state index in [0.717, 1.165) is 31.9 Å². The van der Waals surface area contributed by atoms with Gasteiger partial charge in [0, 0.05) is 18.8 Å². The molecule has 3 rings (SSSR count). The molecule has 1 amide bonds. The summed E-state index contributed by atoms with van der Waals surface area (Å²) in [6.45, 7) is 3.39. The lowest BCUT2D eigenvalue weighted by atomic mass is 10.2. The molecule has 114 valence electrons. The third-order valence-electron chi connectivity index (χ3n) is 3.39. The molecule has 0 atom stereocenters. The summed E-state index contributed by atoms with van der Waals surface area (Å²) >= 11 is 1.39. The van der Waals surface area contributed by atoms with Gasteiger partial charge in [0.1, 0.15) is 0 Å². The minimum atomic E-state index is -0.184. The first-order valence-corrected chi connectivity index (χ1v) is 8.00. The molecule has 5 nitrogen and oxygen atoms in total. The number of hydrogen-bond donors (Lipinski definition) is 1. The number of thiophene rings is 1. The van der Waals surface area contributed by atoms with Gasteiger partial charge in [-0.05, 0) is 29.1 Å². The van der Waals surface area contributed by atoms with E-state index >= 15 is 0 Å². The fourth-order valence-corrected chi connectivity index (χ4v) is 2.83. The number of hydrazone groups is 1. The Morgan fingerprint density at radius 3 is 2.68 bits per heavy atom. The Hall–Kier alpha value is -2.18. The second-order valence-electron chi connectivity index (χ2n) is 4.87. The maximum Gasteiger partial charge on any atom is 0.281 e. The molecule has 0 unspecified atom stereocenters. The molecule has 0 aliphatic carbocycles. The van der Waals surface area contributed by atoms with Crippen LogP contribution in [0.15, 0.2) is 46.9 Å². The molecule has 1 saturated heterocycles. The number of nitrogens with zero attached hydrogens (tertiary/aromatic N) is 2. The van der Waals surface area contributed by atoms with Gasteiger partial charge < -0.3 is 9.64 Å². The second kappa shape index (κ2) is 7.20. The molecule has 2 aromatic rings. The molecular weight excluding hydrogens is 298 g/mol. The van der Waals surface area contributed by atoms with Crippen LogP contribution in [0.4, 0.5) is 5.69 Å². The fourth-order valence-electron chi connectivity index (χ4n) is 2.22. The van der Waals surface area contributed by atoms with E-state index in [-0.39, 0.29) is 5.91 Å². The molecule has 6 heteroatoms. The summed E-state index contributed by atoms with van der Waals surface area (Å²) in [7, 11) is 0. The van der Waals surface area contributed by atoms with Crippen molar-refractivity contribution in [3.8, 4) is 0 Å². The molecule has 1 aliphatic heterocycles. The first kappa shape index (κ1) is 14.7. The Kier molecular flexibility index (Phi) is 4.82. The van der Waals surface area contributed by atoms with Gasteiger partial charge >= 0.3 is 0 Å². The lowest BCUT2D eigenvalue weighted by molar-refractivity contribution is 0.0959. The Morgan fingerprint density at radius 1 is 1.23 bits per heavy atom. The zero-order valence-corrected chi connectivity index (χ0v) is 12.9. The third kappa shape index (κ3) is 3.72. The highest BCUT2D eigenvalue weighted by Gasteiger charge is 2.10. The number of nitrogens with one attached hydrogen (secondary N) is 1. The number of carbonyl (C=O) groups excluding carboxylic acids is 1. The van der Waals surface area contributed by atoms with Crippen LogP contribution in [0, 0.1) is 0 Å². The average molecular weight is 315 g/mol. The SMILES string of the molecule is O=C(N/N=C\c1ccc(N2CCOCC2)cc1)c1cccs1. The molecular formula is C16H17N3O2S. The van der Waals surface area contributed by atoms with Gasteiger partial charge in [-0.3, -0.25) is 4.79 Å². The number of anilines is 1. The number of carbonyl (C=O) groups is 1. The minimum Gasteiger partial charge on any atom is -0.378 e. The van der Waals surface area contributed by atoms with E-state index in [1.165, 1.54) is 17.0 Å². The zero-order chi connectivity index (χ0) is 15.2. The van der Waals surface area contributed by atoms with E-state index in [2.05, 4.69) is 27.6 Å². The highest BCUT2D eigenvalue weighted by atomic mass is 32.1. The van der Waals surface area contributed by atoms with E-state index in [1.807, 2.05) is 23.6 Å². The van der Waals surface area contributed by atoms with Crippen LogP contribution in [0.1, 0.15) is 15.2 Å². The van der Waals surface area contributed by atoms with Crippen LogP contribution < -0.4 is 10.3 Å². The van der Waals surface area contributed by atoms with E-state index in [4.69, 9.17) is 4.74 Å². The van der Waals surface area contributed by atoms with Gasteiger partial charge in [-0.25, -0.2) is 5.43 Å². The van der Waals surface area contributed by atoms with Crippen molar-refractivity contribution in [2.75, 3.05) is 31.2 Å². The molecule has 1 aromatic carbocycles. The standard InChI is InChI=1S/C16H17N3O2S/c20-16(15-2-1-11-22-15)18-17-12-13-3-5-14(6-4-13)19-7-9-21-10-8-19/h1-6,11-12H,7-10H2,(H,18,20)/b17-12-. The van der Waals surface area contributed by atoms with Gasteiger partial charge in [0.15, 0.2) is 0 Å². The Labute approximate surface area is 133 Å². The Balaban J connectivity index is 1.56. The monoisotopic (exact) mass is 315 g/mol. The van der Waals surface area contributed by atoms with E-state index < -0.39 is 0 Å². The summed E-state index contributed by atoms with van der Waals surface area (Å²) in [6.07, 6.45) is 1.65. The number of benzene rings is 1. The minimum absolute atomic E-state index is 0.184. The smallest absolute Gasteiger partial charge is 0.281 e. The van der Waals surface area contributed by atoms with E-state index in [0.29, 0.717) is 4.88 Å². The van der Waals surface area contributed by atoms with Gasteiger partial charge in [-0.2, -0.15) is 5.10 Å². The number of ether oxygens (including phenoxy) is 1. The van der Waals surface area contributed by atoms with Crippen molar-refractivity contribution >= 4 is 29.1 Å². The van der Waals surface area contributed by atoms with Gasteiger partial charge in [-0.1, -0.05) is 18.2 Å². The highest BCUT2D eigenvalue weighted by Crippen LogP contribution is 2.16. The lowest BCUT2D eigenvalue weighted by Crippen LogP contribution is -2.36. The maximum absolute atomic E-state index is 11.7. The molecule has 1 N–H and O–H groups in total. The van der Waals surface area contributed by atoms with Crippen molar-refractivity contribution in [1.29, 1.82) is 0 Å². The number of amides is 1. The van der Waals surface area contributed by atoms with Gasteiger partial charge in [0.25, 0.3) is 5.91 Å². The topological polar surface area (TPSA) is 53.9 Å². The van der Waals surface area contributed by atoms with Crippen molar-refractivity contribution in [2.24, 2.45) is 5.10 Å². The van der Waals surface area contributed by atoms with Crippen LogP contribution >= 0.6 is 11.3 Å². The number of hydrogen-bond acceptors (Lipinski definition) is 5. The summed E-state index contributed by atoms with van der Waals surface area (Å²) in [6, 6.07) is 11.7. The van der Waals surface area contributed by atoms with Crippen molar-refractivity contribution in [2.45, 2.75) is 0 Å². The van der Waals surface area contributed by atoms with E-state index in [9.17, 15) is 4.79 Å². The summed E-state index contributed by atoms with van der Waals surface area (Å²) < 4.78 is 5.35. The molecule has 0 spiro atoms. The van der Waals surface area contributed by atoms with E-state index in [1.54, 1.807) is 12.3 Å². The molecule has 2 heterocycles. The van der Waals surface area contributed by atoms with Crippen molar-refractivity contribution in [1.82, 2.24) is 5.43 Å². The number of morpholine rings is 1. The summed E-state index contributed by atoms with van der Waals surface area (Å²) in [5.74, 6) is -0.184. The normalized spacial score (nSPS) is 15.2. The highest BCUT2D eigenvalue weighted by molar-refractivity contribution is 7.12. The van der Waals surface area contributed by atoms with Crippen molar-refractivity contribution in [3.05, 3.63) is 52.2 Å². The summed E-state index contributed by atoms with van der Waals surface area (Å²) in [4.78, 5) is 14.7. The molecule has 1 fully saturated rings. The molecule has 1 aliphatic rings. The molecule has 22 heavy (non-hydrogen) atoms. The van der Waals surface area contributed by atoms with Crippen molar-refractivity contribution < 1.29 is 9.53 Å². The van der Waals surface area contributed by atoms with Crippen LogP contribution in [0.5, 0.6) is 0 Å². The van der Waals surface area contributed by atoms with Crippen LogP contribution in [-0.4, -0.2) is 38.4 Å². The summed E-state index contributed by atoms with van der Waals surface area (Å²) in [5, 5.41) is 5.85. The fraction of sp³-hybridized carbons (Fsp3) is 0.250. The maximum atomic E-state index is 11.7. The summed E-state index contributed by atoms with van der Waals surface area (Å²) in [5.41, 5.74) is 4.66. The van der Waals surface area contributed by atoms with Gasteiger partial charge in [0.05, 0.1) is 24.3 Å². The predicted molar refractivity (Wildman–Crippen MR) is 88.9 cm³/mol. The predicted octanol–water partition coefficient (Wildman–Crippen LogP) is 2.35. The Bertz CT molecular complexity index is 632. The van der Waals surface area contributed by atoms with Crippen LogP contribution in [-0.2, 0) is 4.74 Å². The molecule has 0 saturated carbocycles.